The molecule has 0 bridgehead atoms. The zero-order chi connectivity index (χ0) is 42.1. The monoisotopic (exact) mass is 829 g/mol. The minimum Gasteiger partial charge on any atom is -0.491 e. The number of aryl methyl sites for hydroxylation is 1. The molecule has 4 amide bonds. The van der Waals surface area contributed by atoms with Crippen LogP contribution in [0.2, 0.25) is 0 Å². The molecule has 59 heavy (non-hydrogen) atoms. The topological polar surface area (TPSA) is 163 Å². The number of carbonyl (C=O) groups excluding carboxylic acids is 4. The number of halogens is 3. The molecule has 4 heterocycles. The summed E-state index contributed by atoms with van der Waals surface area (Å²) >= 11 is 5.78. The van der Waals surface area contributed by atoms with Crippen molar-refractivity contribution in [3.8, 4) is 11.8 Å². The maximum atomic E-state index is 13.9. The van der Waals surface area contributed by atoms with E-state index in [1.54, 1.807) is 35.2 Å². The van der Waals surface area contributed by atoms with Gasteiger partial charge >= 0.3 is 6.18 Å². The van der Waals surface area contributed by atoms with E-state index >= 15 is 0 Å². The number of benzene rings is 2. The second-order valence-electron chi connectivity index (χ2n) is 14.8. The van der Waals surface area contributed by atoms with E-state index in [1.807, 2.05) is 37.1 Å². The van der Waals surface area contributed by atoms with Crippen LogP contribution < -0.4 is 30.5 Å². The molecular weight excluding hydrogens is 788 g/mol. The highest BCUT2D eigenvalue weighted by Crippen LogP contribution is 2.49. The second-order valence-corrected chi connectivity index (χ2v) is 15.2. The van der Waals surface area contributed by atoms with Crippen molar-refractivity contribution < 1.29 is 37.1 Å². The van der Waals surface area contributed by atoms with Gasteiger partial charge in [-0.2, -0.15) is 18.4 Å². The number of anilines is 4. The summed E-state index contributed by atoms with van der Waals surface area (Å²) in [5, 5.41) is 17.6. The summed E-state index contributed by atoms with van der Waals surface area (Å²) in [6.45, 7) is 6.29. The first kappa shape index (κ1) is 41.0. The fourth-order valence-corrected chi connectivity index (χ4v) is 8.26. The lowest BCUT2D eigenvalue weighted by Gasteiger charge is -2.43. The molecule has 1 aromatic heterocycles. The van der Waals surface area contributed by atoms with Crippen molar-refractivity contribution in [2.24, 2.45) is 0 Å². The number of imide groups is 1. The van der Waals surface area contributed by atoms with Crippen molar-refractivity contribution in [3.05, 3.63) is 83.4 Å². The van der Waals surface area contributed by atoms with Gasteiger partial charge < -0.3 is 30.1 Å². The lowest BCUT2D eigenvalue weighted by atomic mass is 9.75. The molecule has 1 atom stereocenters. The van der Waals surface area contributed by atoms with Gasteiger partial charge in [-0.05, 0) is 99.3 Å². The number of nitrogens with zero attached hydrogens (tertiary/aromatic N) is 6. The Morgan fingerprint density at radius 1 is 1.10 bits per heavy atom. The molecule has 4 aliphatic rings. The Hall–Kier alpha value is -6.22. The van der Waals surface area contributed by atoms with E-state index in [-0.39, 0.29) is 41.5 Å². The van der Waals surface area contributed by atoms with Crippen LogP contribution in [0, 0.1) is 11.3 Å². The second kappa shape index (κ2) is 16.6. The quantitative estimate of drug-likeness (QED) is 0.160. The summed E-state index contributed by atoms with van der Waals surface area (Å²) in [4.78, 5) is 61.2. The molecule has 0 radical (unpaired) electrons. The third-order valence-corrected chi connectivity index (χ3v) is 11.4. The largest absolute Gasteiger partial charge is 0.491 e. The summed E-state index contributed by atoms with van der Waals surface area (Å²) in [5.41, 5.74) is 0.441. The average molecular weight is 830 g/mol. The maximum absolute atomic E-state index is 13.9. The molecule has 2 aromatic carbocycles. The number of amides is 4. The maximum Gasteiger partial charge on any atom is 0.419 e. The van der Waals surface area contributed by atoms with E-state index in [9.17, 15) is 37.6 Å². The highest BCUT2D eigenvalue weighted by atomic mass is 32.1. The Balaban J connectivity index is 0.947. The minimum atomic E-state index is -4.85. The van der Waals surface area contributed by atoms with Crippen molar-refractivity contribution in [1.29, 1.82) is 5.26 Å². The molecular formula is C41H42F3N9O5S. The predicted molar refractivity (Wildman–Crippen MR) is 216 cm³/mol. The van der Waals surface area contributed by atoms with Crippen molar-refractivity contribution in [3.63, 3.8) is 0 Å². The van der Waals surface area contributed by atoms with Crippen LogP contribution in [-0.4, -0.2) is 87.9 Å². The fraction of sp³-hybridized carbons (Fsp3) is 0.390. The molecule has 18 heteroatoms. The van der Waals surface area contributed by atoms with E-state index in [0.29, 0.717) is 74.7 Å². The fourth-order valence-electron chi connectivity index (χ4n) is 7.79. The van der Waals surface area contributed by atoms with Gasteiger partial charge in [0.05, 0.1) is 30.5 Å². The molecule has 3 aromatic rings. The Morgan fingerprint density at radius 3 is 2.56 bits per heavy atom. The predicted octanol–water partition coefficient (Wildman–Crippen LogP) is 5.31. The number of aromatic nitrogens is 1. The van der Waals surface area contributed by atoms with Gasteiger partial charge in [-0.3, -0.25) is 29.4 Å². The van der Waals surface area contributed by atoms with Crippen molar-refractivity contribution >= 4 is 63.7 Å². The molecule has 14 nitrogen and oxygen atoms in total. The minimum absolute atomic E-state index is 0.0392. The summed E-state index contributed by atoms with van der Waals surface area (Å²) < 4.78 is 47.7. The molecule has 1 spiro atoms. The average Bonchev–Trinajstić information content (AvgIpc) is 3.42. The van der Waals surface area contributed by atoms with Crippen LogP contribution in [-0.2, 0) is 31.8 Å². The number of carbonyl (C=O) groups is 4. The number of allylic oxidation sites excluding steroid dienone is 1. The zero-order valence-electron chi connectivity index (χ0n) is 32.4. The smallest absolute Gasteiger partial charge is 0.419 e. The van der Waals surface area contributed by atoms with Crippen molar-refractivity contribution in [2.45, 2.75) is 70.1 Å². The third kappa shape index (κ3) is 8.37. The van der Waals surface area contributed by atoms with E-state index in [0.717, 1.165) is 34.8 Å². The number of nitriles is 1. The SMILES string of the molecule is CCc1cc(N2C(=S)N(c3cnc(C#N)c(C(F)(F)F)c3)C(=O)C23CCC3)ccc1OCCN1C=C(C)N(CC(=O)Nc2cccc(NC3CCC(=O)NC3=O)c2)CC1. The van der Waals surface area contributed by atoms with Gasteiger partial charge in [-0.1, -0.05) is 13.0 Å². The number of nitrogens with one attached hydrogen (secondary N) is 3. The van der Waals surface area contributed by atoms with Gasteiger partial charge in [-0.25, -0.2) is 4.98 Å². The molecule has 1 saturated carbocycles. The van der Waals surface area contributed by atoms with Crippen LogP contribution in [0.5, 0.6) is 5.75 Å². The number of pyridine rings is 1. The number of hydrogen-bond acceptors (Lipinski definition) is 11. The van der Waals surface area contributed by atoms with Crippen LogP contribution in [0.1, 0.15) is 62.8 Å². The first-order valence-corrected chi connectivity index (χ1v) is 19.7. The number of rotatable bonds is 12. The Kier molecular flexibility index (Phi) is 11.5. The number of ether oxygens (including phenoxy) is 1. The van der Waals surface area contributed by atoms with Gasteiger partial charge in [0.2, 0.25) is 17.7 Å². The molecule has 308 valence electrons. The van der Waals surface area contributed by atoms with Gasteiger partial charge in [0, 0.05) is 48.5 Å². The Morgan fingerprint density at radius 2 is 1.88 bits per heavy atom. The number of alkyl halides is 3. The molecule has 7 rings (SSSR count). The molecule has 3 fully saturated rings. The lowest BCUT2D eigenvalue weighted by Crippen LogP contribution is -2.55. The zero-order valence-corrected chi connectivity index (χ0v) is 33.2. The van der Waals surface area contributed by atoms with Crippen LogP contribution in [0.25, 0.3) is 0 Å². The van der Waals surface area contributed by atoms with Gasteiger partial charge in [0.15, 0.2) is 10.8 Å². The molecule has 3 aliphatic heterocycles. The third-order valence-electron chi connectivity index (χ3n) is 11.0. The highest BCUT2D eigenvalue weighted by Gasteiger charge is 2.60. The number of thiocarbonyl (C=S) groups is 1. The summed E-state index contributed by atoms with van der Waals surface area (Å²) in [7, 11) is 0. The van der Waals surface area contributed by atoms with Crippen LogP contribution in [0.4, 0.5) is 35.9 Å². The van der Waals surface area contributed by atoms with Gasteiger partial charge in [0.25, 0.3) is 5.91 Å². The van der Waals surface area contributed by atoms with E-state index < -0.39 is 34.9 Å². The summed E-state index contributed by atoms with van der Waals surface area (Å²) in [6.07, 6.45) is 1.16. The van der Waals surface area contributed by atoms with Gasteiger partial charge in [-0.15, -0.1) is 0 Å². The van der Waals surface area contributed by atoms with Crippen molar-refractivity contribution in [1.82, 2.24) is 20.1 Å². The highest BCUT2D eigenvalue weighted by molar-refractivity contribution is 7.81. The van der Waals surface area contributed by atoms with Crippen LogP contribution in [0.15, 0.2) is 66.6 Å². The standard InChI is InChI=1S/C41H42F3N9O5S/c1-3-26-18-29(53-39(59)52(38(57)40(53)12-5-13-40)30-20-31(41(42,43)44)33(21-45)46-22-30)8-10-34(26)58-17-16-50-14-15-51(25(2)23-50)24-36(55)48-28-7-4-6-27(19-28)47-32-9-11-35(54)49-37(32)56/h4,6-8,10,18-20,22-23,32,47H,3,5,9,11-17,24H2,1-2H3,(H,48,55)(H,49,54,56). The van der Waals surface area contributed by atoms with E-state index in [1.165, 1.54) is 6.07 Å². The van der Waals surface area contributed by atoms with Crippen LogP contribution >= 0.6 is 12.2 Å². The van der Waals surface area contributed by atoms with Gasteiger partial charge in [0.1, 0.15) is 30.0 Å². The summed E-state index contributed by atoms with van der Waals surface area (Å²) in [6, 6.07) is 14.3. The Labute approximate surface area is 344 Å². The molecule has 2 saturated heterocycles. The molecule has 1 aliphatic carbocycles. The normalized spacial score (nSPS) is 19.0. The molecule has 3 N–H and O–H groups in total. The first-order chi connectivity index (χ1) is 28.2. The van der Waals surface area contributed by atoms with E-state index in [4.69, 9.17) is 17.0 Å². The van der Waals surface area contributed by atoms with Crippen molar-refractivity contribution in [2.75, 3.05) is 53.2 Å². The number of hydrogen-bond donors (Lipinski definition) is 3. The summed E-state index contributed by atoms with van der Waals surface area (Å²) in [5.74, 6) is -0.627. The first-order valence-electron chi connectivity index (χ1n) is 19.3. The number of piperidine rings is 1. The Bertz CT molecular complexity index is 2270. The molecule has 1 unspecified atom stereocenters. The lowest BCUT2D eigenvalue weighted by molar-refractivity contribution is -0.138. The van der Waals surface area contributed by atoms with E-state index in [2.05, 4.69) is 25.8 Å². The van der Waals surface area contributed by atoms with Crippen LogP contribution in [0.3, 0.4) is 0 Å².